The van der Waals surface area contributed by atoms with Gasteiger partial charge in [0.15, 0.2) is 5.82 Å². The Kier molecular flexibility index (Phi) is 4.77. The largest absolute Gasteiger partial charge is 0.368 e. The van der Waals surface area contributed by atoms with Gasteiger partial charge in [0, 0.05) is 67.6 Å². The van der Waals surface area contributed by atoms with Crippen LogP contribution in [0.4, 0.5) is 26.4 Å². The fraction of sp³-hybridized carbons (Fsp3) is 0.409. The normalized spacial score (nSPS) is 20.9. The van der Waals surface area contributed by atoms with Crippen molar-refractivity contribution < 1.29 is 9.18 Å². The van der Waals surface area contributed by atoms with E-state index in [2.05, 4.69) is 39.3 Å². The van der Waals surface area contributed by atoms with Crippen LogP contribution in [-0.2, 0) is 6.42 Å². The molecule has 0 aromatic carbocycles. The number of rotatable bonds is 2. The van der Waals surface area contributed by atoms with Gasteiger partial charge < -0.3 is 19.9 Å². The Morgan fingerprint density at radius 3 is 2.81 bits per heavy atom. The second kappa shape index (κ2) is 7.49. The first kappa shape index (κ1) is 19.7. The Balaban J connectivity index is 1.40. The first-order valence-corrected chi connectivity index (χ1v) is 10.6. The van der Waals surface area contributed by atoms with E-state index < -0.39 is 5.82 Å². The van der Waals surface area contributed by atoms with Crippen LogP contribution in [0.3, 0.4) is 0 Å². The summed E-state index contributed by atoms with van der Waals surface area (Å²) >= 11 is 0. The first-order chi connectivity index (χ1) is 14.9. The SMILES string of the molecule is Cc1cn2cc(NC(=O)N3CCc4c(N5C[C@@H](C)N[C@@H](C)C5)ccnc43)c(F)cc2n1. The van der Waals surface area contributed by atoms with Crippen molar-refractivity contribution in [3.05, 3.63) is 47.8 Å². The Morgan fingerprint density at radius 1 is 1.26 bits per heavy atom. The quantitative estimate of drug-likeness (QED) is 0.663. The molecule has 2 aliphatic heterocycles. The van der Waals surface area contributed by atoms with E-state index in [9.17, 15) is 9.18 Å². The minimum atomic E-state index is -0.517. The third-order valence-corrected chi connectivity index (χ3v) is 5.90. The highest BCUT2D eigenvalue weighted by molar-refractivity contribution is 6.03. The van der Waals surface area contributed by atoms with Crippen LogP contribution in [0, 0.1) is 12.7 Å². The zero-order valence-corrected chi connectivity index (χ0v) is 17.9. The predicted octanol–water partition coefficient (Wildman–Crippen LogP) is 2.96. The van der Waals surface area contributed by atoms with E-state index in [4.69, 9.17) is 0 Å². The number of carbonyl (C=O) groups is 1. The van der Waals surface area contributed by atoms with Gasteiger partial charge in [-0.05, 0) is 33.3 Å². The summed E-state index contributed by atoms with van der Waals surface area (Å²) in [4.78, 5) is 25.7. The number of imidazole rings is 1. The lowest BCUT2D eigenvalue weighted by atomic mass is 10.1. The number of amides is 2. The molecular formula is C22H26FN7O. The van der Waals surface area contributed by atoms with E-state index in [0.29, 0.717) is 30.1 Å². The zero-order chi connectivity index (χ0) is 21.7. The molecule has 2 aliphatic rings. The molecule has 2 atom stereocenters. The van der Waals surface area contributed by atoms with Crippen LogP contribution in [0.5, 0.6) is 0 Å². The monoisotopic (exact) mass is 423 g/mol. The summed E-state index contributed by atoms with van der Waals surface area (Å²) in [5.74, 6) is 0.130. The number of hydrogen-bond donors (Lipinski definition) is 2. The third-order valence-electron chi connectivity index (χ3n) is 5.90. The molecule has 1 fully saturated rings. The van der Waals surface area contributed by atoms with Gasteiger partial charge in [0.2, 0.25) is 0 Å². The summed E-state index contributed by atoms with van der Waals surface area (Å²) in [5.41, 5.74) is 3.60. The number of halogens is 1. The molecule has 0 bridgehead atoms. The molecule has 9 heteroatoms. The van der Waals surface area contributed by atoms with Crippen LogP contribution < -0.4 is 20.4 Å². The summed E-state index contributed by atoms with van der Waals surface area (Å²) < 4.78 is 16.2. The molecule has 8 nitrogen and oxygen atoms in total. The van der Waals surface area contributed by atoms with Crippen LogP contribution in [0.2, 0.25) is 0 Å². The molecule has 5 heterocycles. The Hall–Kier alpha value is -3.20. The smallest absolute Gasteiger partial charge is 0.327 e. The Bertz CT molecular complexity index is 1150. The van der Waals surface area contributed by atoms with Crippen LogP contribution in [0.15, 0.2) is 30.7 Å². The maximum absolute atomic E-state index is 14.5. The highest BCUT2D eigenvalue weighted by atomic mass is 19.1. The fourth-order valence-electron chi connectivity index (χ4n) is 4.70. The minimum absolute atomic E-state index is 0.115. The van der Waals surface area contributed by atoms with Crippen molar-refractivity contribution in [1.29, 1.82) is 0 Å². The van der Waals surface area contributed by atoms with Crippen LogP contribution in [0.25, 0.3) is 5.65 Å². The second-order valence-electron chi connectivity index (χ2n) is 8.52. The number of nitrogens with zero attached hydrogens (tertiary/aromatic N) is 5. The Labute approximate surface area is 180 Å². The minimum Gasteiger partial charge on any atom is -0.368 e. The van der Waals surface area contributed by atoms with Crippen molar-refractivity contribution >= 4 is 28.9 Å². The molecule has 2 N–H and O–H groups in total. The number of hydrogen-bond acceptors (Lipinski definition) is 5. The maximum Gasteiger partial charge on any atom is 0.327 e. The van der Waals surface area contributed by atoms with Crippen LogP contribution >= 0.6 is 0 Å². The molecular weight excluding hydrogens is 397 g/mol. The number of urea groups is 1. The van der Waals surface area contributed by atoms with Crippen molar-refractivity contribution in [3.8, 4) is 0 Å². The second-order valence-corrected chi connectivity index (χ2v) is 8.52. The molecule has 2 amide bonds. The van der Waals surface area contributed by atoms with Gasteiger partial charge in [0.05, 0.1) is 11.4 Å². The van der Waals surface area contributed by atoms with Crippen LogP contribution in [-0.4, -0.2) is 52.1 Å². The molecule has 0 saturated carbocycles. The van der Waals surface area contributed by atoms with E-state index in [0.717, 1.165) is 36.5 Å². The molecule has 5 rings (SSSR count). The van der Waals surface area contributed by atoms with Crippen molar-refractivity contribution in [2.75, 3.05) is 34.8 Å². The average Bonchev–Trinajstić information content (AvgIpc) is 3.29. The van der Waals surface area contributed by atoms with E-state index in [-0.39, 0.29) is 11.7 Å². The number of aryl methyl sites for hydroxylation is 1. The highest BCUT2D eigenvalue weighted by Crippen LogP contribution is 2.35. The molecule has 0 unspecified atom stereocenters. The number of pyridine rings is 2. The van der Waals surface area contributed by atoms with Gasteiger partial charge in [-0.1, -0.05) is 0 Å². The topological polar surface area (TPSA) is 77.8 Å². The summed E-state index contributed by atoms with van der Waals surface area (Å²) in [6, 6.07) is 3.74. The van der Waals surface area contributed by atoms with E-state index in [1.54, 1.807) is 27.9 Å². The number of fused-ring (bicyclic) bond motifs is 2. The van der Waals surface area contributed by atoms with Gasteiger partial charge in [-0.15, -0.1) is 0 Å². The van der Waals surface area contributed by atoms with E-state index in [1.807, 2.05) is 13.0 Å². The summed E-state index contributed by atoms with van der Waals surface area (Å²) in [7, 11) is 0. The molecule has 3 aromatic rings. The molecule has 0 spiro atoms. The van der Waals surface area contributed by atoms with E-state index >= 15 is 0 Å². The number of nitrogens with one attached hydrogen (secondary N) is 2. The lowest BCUT2D eigenvalue weighted by Gasteiger charge is -2.38. The zero-order valence-electron chi connectivity index (χ0n) is 17.9. The van der Waals surface area contributed by atoms with Crippen LogP contribution in [0.1, 0.15) is 25.1 Å². The molecule has 31 heavy (non-hydrogen) atoms. The maximum atomic E-state index is 14.5. The van der Waals surface area contributed by atoms with Gasteiger partial charge in [-0.3, -0.25) is 4.90 Å². The van der Waals surface area contributed by atoms with Crippen molar-refractivity contribution in [3.63, 3.8) is 0 Å². The van der Waals surface area contributed by atoms with Gasteiger partial charge in [0.1, 0.15) is 11.5 Å². The van der Waals surface area contributed by atoms with E-state index in [1.165, 1.54) is 6.07 Å². The summed E-state index contributed by atoms with van der Waals surface area (Å²) in [5, 5.41) is 6.25. The number of piperazine rings is 1. The van der Waals surface area contributed by atoms with Gasteiger partial charge in [0.25, 0.3) is 0 Å². The molecule has 0 radical (unpaired) electrons. The first-order valence-electron chi connectivity index (χ1n) is 10.6. The van der Waals surface area contributed by atoms with Gasteiger partial charge >= 0.3 is 6.03 Å². The third kappa shape index (κ3) is 3.59. The fourth-order valence-corrected chi connectivity index (χ4v) is 4.70. The van der Waals surface area contributed by atoms with Crippen molar-refractivity contribution in [2.45, 2.75) is 39.3 Å². The lowest BCUT2D eigenvalue weighted by Crippen LogP contribution is -2.54. The Morgan fingerprint density at radius 2 is 2.03 bits per heavy atom. The molecule has 162 valence electrons. The van der Waals surface area contributed by atoms with Crippen molar-refractivity contribution in [1.82, 2.24) is 19.7 Å². The standard InChI is InChI=1S/C22H26FN7O/c1-13-9-28(10-14(2)25-13)19-4-6-24-21-16(19)5-7-30(21)22(31)27-18-12-29-11-15(3)26-20(29)8-17(18)23/h4,6,8,11-14,25H,5,7,9-10H2,1-3H3,(H,27,31)/t13-,14+. The summed E-state index contributed by atoms with van der Waals surface area (Å²) in [6.07, 6.45) is 5.81. The lowest BCUT2D eigenvalue weighted by molar-refractivity contribution is 0.257. The molecule has 0 aliphatic carbocycles. The van der Waals surface area contributed by atoms with Gasteiger partial charge in [-0.25, -0.2) is 19.2 Å². The number of aromatic nitrogens is 3. The highest BCUT2D eigenvalue weighted by Gasteiger charge is 2.31. The number of anilines is 3. The molecule has 3 aromatic heterocycles. The number of carbonyl (C=O) groups excluding carboxylic acids is 1. The average molecular weight is 423 g/mol. The summed E-state index contributed by atoms with van der Waals surface area (Å²) in [6.45, 7) is 8.52. The van der Waals surface area contributed by atoms with Crippen molar-refractivity contribution in [2.24, 2.45) is 0 Å². The molecule has 1 saturated heterocycles. The van der Waals surface area contributed by atoms with Gasteiger partial charge in [-0.2, -0.15) is 0 Å². The predicted molar refractivity (Wildman–Crippen MR) is 118 cm³/mol.